The van der Waals surface area contributed by atoms with Crippen molar-refractivity contribution in [3.05, 3.63) is 23.3 Å². The van der Waals surface area contributed by atoms with Gasteiger partial charge < -0.3 is 18.9 Å². The van der Waals surface area contributed by atoms with Crippen molar-refractivity contribution in [2.75, 3.05) is 27.6 Å². The van der Waals surface area contributed by atoms with Crippen LogP contribution in [0, 0.1) is 0 Å². The van der Waals surface area contributed by atoms with Crippen molar-refractivity contribution in [3.63, 3.8) is 0 Å². The number of hydrogen-bond donors (Lipinski definition) is 0. The lowest BCUT2D eigenvalue weighted by Crippen LogP contribution is -2.40. The number of ether oxygens (including phenoxy) is 4. The molecule has 0 atom stereocenters. The molecule has 0 unspecified atom stereocenters. The first kappa shape index (κ1) is 22.3. The number of allylic oxidation sites excluding steroid dienone is 1. The summed E-state index contributed by atoms with van der Waals surface area (Å²) >= 11 is 0. The Balaban J connectivity index is 3.53. The van der Waals surface area contributed by atoms with Gasteiger partial charge in [0, 0.05) is 24.1 Å². The van der Waals surface area contributed by atoms with E-state index in [1.807, 2.05) is 6.92 Å². The Labute approximate surface area is 157 Å². The standard InChI is InChI=1S/C19H31NO5Si/c1-8-14(10-18(21)25-9-2)15-11-17(26(5,6)7)20-19(23-4)16(15)12-24-13-22-3/h10-11H,8-9,12-13H2,1-7H3/b14-10-. The van der Waals surface area contributed by atoms with Crippen LogP contribution >= 0.6 is 0 Å². The number of hydrogen-bond acceptors (Lipinski definition) is 6. The molecule has 26 heavy (non-hydrogen) atoms. The van der Waals surface area contributed by atoms with Crippen LogP contribution in [0.1, 0.15) is 31.4 Å². The normalized spacial score (nSPS) is 12.2. The summed E-state index contributed by atoms with van der Waals surface area (Å²) in [4.78, 5) is 16.7. The van der Waals surface area contributed by atoms with Gasteiger partial charge in [-0.25, -0.2) is 9.78 Å². The molecular formula is C19H31NO5Si. The van der Waals surface area contributed by atoms with E-state index in [0.717, 1.165) is 22.0 Å². The maximum atomic E-state index is 12.0. The lowest BCUT2D eigenvalue weighted by Gasteiger charge is -2.22. The quantitative estimate of drug-likeness (QED) is 0.204. The number of carbonyl (C=O) groups excluding carboxylic acids is 1. The molecule has 0 aliphatic carbocycles. The Bertz CT molecular complexity index is 638. The van der Waals surface area contributed by atoms with Gasteiger partial charge in [-0.2, -0.15) is 0 Å². The lowest BCUT2D eigenvalue weighted by molar-refractivity contribution is -0.137. The molecule has 0 aliphatic heterocycles. The molecule has 0 aromatic carbocycles. The fourth-order valence-electron chi connectivity index (χ4n) is 2.45. The molecule has 7 heteroatoms. The van der Waals surface area contributed by atoms with E-state index >= 15 is 0 Å². The van der Waals surface area contributed by atoms with Gasteiger partial charge in [-0.1, -0.05) is 26.6 Å². The van der Waals surface area contributed by atoms with E-state index in [0.29, 0.717) is 18.9 Å². The Morgan fingerprint density at radius 2 is 1.92 bits per heavy atom. The van der Waals surface area contributed by atoms with Crippen LogP contribution in [0.25, 0.3) is 5.57 Å². The van der Waals surface area contributed by atoms with Gasteiger partial charge in [0.05, 0.1) is 20.3 Å². The largest absolute Gasteiger partial charge is 0.481 e. The second kappa shape index (κ2) is 10.4. The van der Waals surface area contributed by atoms with Crippen molar-refractivity contribution < 1.29 is 23.7 Å². The maximum Gasteiger partial charge on any atom is 0.331 e. The van der Waals surface area contributed by atoms with E-state index in [-0.39, 0.29) is 19.4 Å². The summed E-state index contributed by atoms with van der Waals surface area (Å²) in [5.41, 5.74) is 2.60. The Hall–Kier alpha value is -1.70. The second-order valence-corrected chi connectivity index (χ2v) is 11.8. The smallest absolute Gasteiger partial charge is 0.331 e. The molecule has 0 radical (unpaired) electrons. The fourth-order valence-corrected chi connectivity index (χ4v) is 3.47. The van der Waals surface area contributed by atoms with Gasteiger partial charge in [-0.15, -0.1) is 0 Å². The number of esters is 1. The summed E-state index contributed by atoms with van der Waals surface area (Å²) in [7, 11) is 1.48. The monoisotopic (exact) mass is 381 g/mol. The average Bonchev–Trinajstić information content (AvgIpc) is 2.59. The molecule has 0 bridgehead atoms. The molecule has 1 heterocycles. The highest BCUT2D eigenvalue weighted by molar-refractivity contribution is 6.88. The minimum atomic E-state index is -1.69. The van der Waals surface area contributed by atoms with Crippen molar-refractivity contribution in [2.45, 2.75) is 46.5 Å². The zero-order chi connectivity index (χ0) is 19.7. The summed E-state index contributed by atoms with van der Waals surface area (Å²) in [6.07, 6.45) is 2.22. The molecule has 0 fully saturated rings. The number of carbonyl (C=O) groups is 1. The van der Waals surface area contributed by atoms with Crippen molar-refractivity contribution in [3.8, 4) is 5.88 Å². The number of pyridine rings is 1. The number of methoxy groups -OCH3 is 2. The van der Waals surface area contributed by atoms with Crippen molar-refractivity contribution in [1.29, 1.82) is 0 Å². The van der Waals surface area contributed by atoms with Crippen LogP contribution in [0.15, 0.2) is 12.1 Å². The highest BCUT2D eigenvalue weighted by Gasteiger charge is 2.24. The SMILES string of the molecule is CCOC(=O)/C=C(/CC)c1cc([Si](C)(C)C)nc(OC)c1COCOC. The molecule has 1 rings (SSSR count). The molecular weight excluding hydrogens is 350 g/mol. The summed E-state index contributed by atoms with van der Waals surface area (Å²) in [5, 5.41) is 1.02. The maximum absolute atomic E-state index is 12.0. The lowest BCUT2D eigenvalue weighted by atomic mass is 9.99. The van der Waals surface area contributed by atoms with Gasteiger partial charge >= 0.3 is 5.97 Å². The summed E-state index contributed by atoms with van der Waals surface area (Å²) in [6.45, 7) is 11.3. The van der Waals surface area contributed by atoms with Crippen molar-refractivity contribution in [1.82, 2.24) is 4.98 Å². The van der Waals surface area contributed by atoms with Crippen molar-refractivity contribution in [2.24, 2.45) is 0 Å². The predicted octanol–water partition coefficient (Wildman–Crippen LogP) is 3.11. The summed E-state index contributed by atoms with van der Waals surface area (Å²) in [5.74, 6) is 0.178. The average molecular weight is 382 g/mol. The molecule has 0 saturated heterocycles. The van der Waals surface area contributed by atoms with E-state index in [1.165, 1.54) is 0 Å². The first-order chi connectivity index (χ1) is 12.3. The van der Waals surface area contributed by atoms with Crippen molar-refractivity contribution >= 4 is 24.9 Å². The van der Waals surface area contributed by atoms with Crippen LogP contribution < -0.4 is 10.1 Å². The number of aromatic nitrogens is 1. The van der Waals surface area contributed by atoms with E-state index in [1.54, 1.807) is 27.2 Å². The summed E-state index contributed by atoms with van der Waals surface area (Å²) < 4.78 is 21.2. The molecule has 146 valence electrons. The van der Waals surface area contributed by atoms with Crippen LogP contribution in [0.4, 0.5) is 0 Å². The Kier molecular flexibility index (Phi) is 8.98. The molecule has 0 spiro atoms. The first-order valence-electron chi connectivity index (χ1n) is 8.81. The van der Waals surface area contributed by atoms with Crippen LogP contribution in [0.5, 0.6) is 5.88 Å². The van der Waals surface area contributed by atoms with Crippen LogP contribution in [-0.4, -0.2) is 46.6 Å². The van der Waals surface area contributed by atoms with E-state index in [9.17, 15) is 4.79 Å². The van der Waals surface area contributed by atoms with E-state index < -0.39 is 8.07 Å². The van der Waals surface area contributed by atoms with Crippen LogP contribution in [0.2, 0.25) is 19.6 Å². The highest BCUT2D eigenvalue weighted by atomic mass is 28.3. The fraction of sp³-hybridized carbons (Fsp3) is 0.579. The van der Waals surface area contributed by atoms with Gasteiger partial charge in [0.15, 0.2) is 0 Å². The zero-order valence-electron chi connectivity index (χ0n) is 17.0. The molecule has 0 amide bonds. The number of nitrogens with zero attached hydrogens (tertiary/aromatic N) is 1. The van der Waals surface area contributed by atoms with E-state index in [2.05, 4.69) is 25.7 Å². The Morgan fingerprint density at radius 3 is 2.42 bits per heavy atom. The predicted molar refractivity (Wildman–Crippen MR) is 105 cm³/mol. The third kappa shape index (κ3) is 6.23. The van der Waals surface area contributed by atoms with Gasteiger partial charge in [-0.05, 0) is 30.5 Å². The second-order valence-electron chi connectivity index (χ2n) is 6.82. The van der Waals surface area contributed by atoms with Crippen LogP contribution in [-0.2, 0) is 25.6 Å². The molecule has 0 N–H and O–H groups in total. The number of rotatable bonds is 10. The third-order valence-electron chi connectivity index (χ3n) is 3.80. The minimum Gasteiger partial charge on any atom is -0.481 e. The van der Waals surface area contributed by atoms with E-state index in [4.69, 9.17) is 23.9 Å². The molecule has 6 nitrogen and oxygen atoms in total. The molecule has 0 aliphatic rings. The first-order valence-corrected chi connectivity index (χ1v) is 12.3. The zero-order valence-corrected chi connectivity index (χ0v) is 18.0. The summed E-state index contributed by atoms with van der Waals surface area (Å²) in [6, 6.07) is 2.06. The minimum absolute atomic E-state index is 0.168. The third-order valence-corrected chi connectivity index (χ3v) is 5.59. The molecule has 1 aromatic heterocycles. The van der Waals surface area contributed by atoms with Gasteiger partial charge in [0.25, 0.3) is 0 Å². The van der Waals surface area contributed by atoms with Gasteiger partial charge in [0.1, 0.15) is 14.9 Å². The van der Waals surface area contributed by atoms with Crippen LogP contribution in [0.3, 0.4) is 0 Å². The molecule has 0 saturated carbocycles. The Morgan fingerprint density at radius 1 is 1.23 bits per heavy atom. The van der Waals surface area contributed by atoms with Gasteiger partial charge in [-0.3, -0.25) is 0 Å². The molecule has 1 aromatic rings. The topological polar surface area (TPSA) is 66.9 Å². The highest BCUT2D eigenvalue weighted by Crippen LogP contribution is 2.29. The van der Waals surface area contributed by atoms with Gasteiger partial charge in [0.2, 0.25) is 5.88 Å².